The van der Waals surface area contributed by atoms with Gasteiger partial charge in [-0.15, -0.1) is 0 Å². The summed E-state index contributed by atoms with van der Waals surface area (Å²) in [4.78, 5) is 6.38. The first-order valence-electron chi connectivity index (χ1n) is 6.07. The van der Waals surface area contributed by atoms with Crippen LogP contribution < -0.4 is 0 Å². The van der Waals surface area contributed by atoms with Gasteiger partial charge in [-0.2, -0.15) is 0 Å². The number of hydrogen-bond acceptors (Lipinski definition) is 4. The minimum Gasteiger partial charge on any atom is -0.439 e. The van der Waals surface area contributed by atoms with E-state index in [4.69, 9.17) is 4.42 Å². The minimum atomic E-state index is -0.547. The van der Waals surface area contributed by atoms with E-state index >= 15 is 0 Å². The van der Waals surface area contributed by atoms with Crippen molar-refractivity contribution >= 4 is 0 Å². The van der Waals surface area contributed by atoms with E-state index in [9.17, 15) is 5.11 Å². The molecule has 2 heterocycles. The molecule has 0 radical (unpaired) electrons. The maximum Gasteiger partial charge on any atom is 0.209 e. The van der Waals surface area contributed by atoms with Crippen LogP contribution in [0, 0.1) is 0 Å². The van der Waals surface area contributed by atoms with Gasteiger partial charge in [0.1, 0.15) is 0 Å². The van der Waals surface area contributed by atoms with Crippen molar-refractivity contribution < 1.29 is 9.52 Å². The zero-order valence-electron chi connectivity index (χ0n) is 10.3. The third-order valence-corrected chi connectivity index (χ3v) is 3.10. The van der Waals surface area contributed by atoms with Crippen LogP contribution in [0.3, 0.4) is 0 Å². The first-order valence-corrected chi connectivity index (χ1v) is 6.07. The van der Waals surface area contributed by atoms with Crippen LogP contribution in [-0.2, 0) is 6.54 Å². The third kappa shape index (κ3) is 2.30. The maximum absolute atomic E-state index is 9.65. The van der Waals surface area contributed by atoms with Gasteiger partial charge in [-0.25, -0.2) is 4.98 Å². The molecule has 0 atom stereocenters. The Labute approximate surface area is 106 Å². The Hall–Kier alpha value is -1.65. The Balaban J connectivity index is 1.68. The Morgan fingerprint density at radius 3 is 2.72 bits per heavy atom. The molecule has 4 nitrogen and oxygen atoms in total. The standard InChI is InChI=1S/C14H16N2O2/c1-14(17)9-16(10-14)8-13-15-7-12(18-13)11-5-3-2-4-6-11/h2-7,17H,8-10H2,1H3. The Kier molecular flexibility index (Phi) is 2.69. The molecule has 1 fully saturated rings. The predicted octanol–water partition coefficient (Wildman–Crippen LogP) is 1.91. The zero-order chi connectivity index (χ0) is 12.6. The van der Waals surface area contributed by atoms with E-state index in [1.54, 1.807) is 6.20 Å². The lowest BCUT2D eigenvalue weighted by Crippen LogP contribution is -2.59. The quantitative estimate of drug-likeness (QED) is 0.896. The molecule has 1 N–H and O–H groups in total. The molecule has 1 saturated heterocycles. The van der Waals surface area contributed by atoms with Crippen LogP contribution in [0.25, 0.3) is 11.3 Å². The number of oxazole rings is 1. The number of likely N-dealkylation sites (tertiary alicyclic amines) is 1. The minimum absolute atomic E-state index is 0.547. The van der Waals surface area contributed by atoms with Gasteiger partial charge < -0.3 is 9.52 Å². The highest BCUT2D eigenvalue weighted by molar-refractivity contribution is 5.55. The van der Waals surface area contributed by atoms with Gasteiger partial charge >= 0.3 is 0 Å². The van der Waals surface area contributed by atoms with Gasteiger partial charge in [0.15, 0.2) is 5.76 Å². The van der Waals surface area contributed by atoms with Crippen molar-refractivity contribution in [2.45, 2.75) is 19.1 Å². The molecular formula is C14H16N2O2. The van der Waals surface area contributed by atoms with Crippen molar-refractivity contribution in [3.05, 3.63) is 42.4 Å². The van der Waals surface area contributed by atoms with E-state index in [-0.39, 0.29) is 0 Å². The Morgan fingerprint density at radius 1 is 1.33 bits per heavy atom. The Morgan fingerprint density at radius 2 is 2.06 bits per heavy atom. The van der Waals surface area contributed by atoms with Gasteiger partial charge in [0.05, 0.1) is 18.3 Å². The van der Waals surface area contributed by atoms with Gasteiger partial charge in [0.2, 0.25) is 5.89 Å². The van der Waals surface area contributed by atoms with Crippen molar-refractivity contribution in [3.63, 3.8) is 0 Å². The SMILES string of the molecule is CC1(O)CN(Cc2ncc(-c3ccccc3)o2)C1. The lowest BCUT2D eigenvalue weighted by molar-refractivity contribution is -0.0896. The Bertz CT molecular complexity index is 526. The molecule has 0 saturated carbocycles. The summed E-state index contributed by atoms with van der Waals surface area (Å²) in [6.45, 7) is 3.85. The predicted molar refractivity (Wildman–Crippen MR) is 67.8 cm³/mol. The molecule has 2 aromatic rings. The van der Waals surface area contributed by atoms with E-state index in [1.165, 1.54) is 0 Å². The molecule has 3 rings (SSSR count). The van der Waals surface area contributed by atoms with Crippen LogP contribution in [0.15, 0.2) is 40.9 Å². The molecular weight excluding hydrogens is 228 g/mol. The lowest BCUT2D eigenvalue weighted by Gasteiger charge is -2.43. The fourth-order valence-corrected chi connectivity index (χ4v) is 2.34. The molecule has 1 aromatic carbocycles. The molecule has 4 heteroatoms. The van der Waals surface area contributed by atoms with E-state index < -0.39 is 5.60 Å². The van der Waals surface area contributed by atoms with Crippen molar-refractivity contribution in [1.29, 1.82) is 0 Å². The molecule has 1 aliphatic heterocycles. The number of β-amino-alcohol motifs (C(OH)–C–C–N with tert-alkyl or cyclic N) is 1. The lowest BCUT2D eigenvalue weighted by atomic mass is 9.97. The molecule has 94 valence electrons. The van der Waals surface area contributed by atoms with Crippen molar-refractivity contribution in [2.24, 2.45) is 0 Å². The van der Waals surface area contributed by atoms with Crippen LogP contribution in [0.2, 0.25) is 0 Å². The molecule has 0 spiro atoms. The van der Waals surface area contributed by atoms with Gasteiger partial charge in [-0.05, 0) is 6.92 Å². The maximum atomic E-state index is 9.65. The van der Waals surface area contributed by atoms with Crippen LogP contribution in [0.4, 0.5) is 0 Å². The average Bonchev–Trinajstić information content (AvgIpc) is 2.76. The molecule has 0 aliphatic carbocycles. The third-order valence-electron chi connectivity index (χ3n) is 3.10. The normalized spacial score (nSPS) is 18.6. The first kappa shape index (κ1) is 11.4. The highest BCUT2D eigenvalue weighted by Crippen LogP contribution is 2.24. The number of hydrogen-bond donors (Lipinski definition) is 1. The van der Waals surface area contributed by atoms with Gasteiger partial charge in [0.25, 0.3) is 0 Å². The zero-order valence-corrected chi connectivity index (χ0v) is 10.3. The first-order chi connectivity index (χ1) is 8.62. The molecule has 1 aliphatic rings. The number of rotatable bonds is 3. The molecule has 0 amide bonds. The van der Waals surface area contributed by atoms with E-state index in [0.29, 0.717) is 25.5 Å². The van der Waals surface area contributed by atoms with Gasteiger partial charge in [-0.1, -0.05) is 30.3 Å². The largest absolute Gasteiger partial charge is 0.439 e. The summed E-state index contributed by atoms with van der Waals surface area (Å²) in [6, 6.07) is 9.93. The van der Waals surface area contributed by atoms with E-state index in [1.807, 2.05) is 37.3 Å². The number of nitrogens with zero attached hydrogens (tertiary/aromatic N) is 2. The van der Waals surface area contributed by atoms with Gasteiger partial charge in [0, 0.05) is 18.7 Å². The number of aromatic nitrogens is 1. The summed E-state index contributed by atoms with van der Waals surface area (Å²) in [5.41, 5.74) is 0.487. The summed E-state index contributed by atoms with van der Waals surface area (Å²) < 4.78 is 5.71. The molecule has 18 heavy (non-hydrogen) atoms. The molecule has 0 unspecified atom stereocenters. The highest BCUT2D eigenvalue weighted by Gasteiger charge is 2.36. The average molecular weight is 244 g/mol. The smallest absolute Gasteiger partial charge is 0.209 e. The summed E-state index contributed by atoms with van der Waals surface area (Å²) in [6.07, 6.45) is 1.75. The van der Waals surface area contributed by atoms with Crippen LogP contribution in [-0.4, -0.2) is 33.7 Å². The van der Waals surface area contributed by atoms with Crippen molar-refractivity contribution in [2.75, 3.05) is 13.1 Å². The van der Waals surface area contributed by atoms with Gasteiger partial charge in [-0.3, -0.25) is 4.90 Å². The van der Waals surface area contributed by atoms with Crippen molar-refractivity contribution in [3.8, 4) is 11.3 Å². The summed E-state index contributed by atoms with van der Waals surface area (Å²) in [7, 11) is 0. The number of aliphatic hydroxyl groups is 1. The van der Waals surface area contributed by atoms with Crippen LogP contribution >= 0.6 is 0 Å². The topological polar surface area (TPSA) is 49.5 Å². The molecule has 0 bridgehead atoms. The summed E-state index contributed by atoms with van der Waals surface area (Å²) >= 11 is 0. The summed E-state index contributed by atoms with van der Waals surface area (Å²) in [5, 5.41) is 9.65. The van der Waals surface area contributed by atoms with E-state index in [0.717, 1.165) is 11.3 Å². The monoisotopic (exact) mass is 244 g/mol. The van der Waals surface area contributed by atoms with Crippen molar-refractivity contribution in [1.82, 2.24) is 9.88 Å². The number of benzene rings is 1. The highest BCUT2D eigenvalue weighted by atomic mass is 16.4. The second-order valence-electron chi connectivity index (χ2n) is 5.13. The fraction of sp³-hybridized carbons (Fsp3) is 0.357. The fourth-order valence-electron chi connectivity index (χ4n) is 2.34. The molecule has 1 aromatic heterocycles. The van der Waals surface area contributed by atoms with Crippen LogP contribution in [0.5, 0.6) is 0 Å². The van der Waals surface area contributed by atoms with Crippen LogP contribution in [0.1, 0.15) is 12.8 Å². The second-order valence-corrected chi connectivity index (χ2v) is 5.13. The summed E-state index contributed by atoms with van der Waals surface area (Å²) in [5.74, 6) is 1.49. The second kappa shape index (κ2) is 4.23. The van der Waals surface area contributed by atoms with E-state index in [2.05, 4.69) is 9.88 Å².